The summed E-state index contributed by atoms with van der Waals surface area (Å²) in [6.07, 6.45) is 9.36. The Hall–Kier alpha value is -3.65. The van der Waals surface area contributed by atoms with Crippen molar-refractivity contribution in [3.63, 3.8) is 0 Å². The minimum atomic E-state index is -0.161. The SMILES string of the molecule is O=C(c1ccc(Cl)cn1)N1CCCCC2(COc3cccnc3)CCN(CC2)C(=O)c2ccccc2OCC1. The van der Waals surface area contributed by atoms with E-state index in [0.717, 1.165) is 37.9 Å². The van der Waals surface area contributed by atoms with E-state index < -0.39 is 0 Å². The minimum absolute atomic E-state index is 0.0273. The van der Waals surface area contributed by atoms with Gasteiger partial charge in [-0.3, -0.25) is 14.6 Å². The third-order valence-electron chi connectivity index (χ3n) is 7.65. The monoisotopic (exact) mass is 548 g/mol. The molecule has 2 aromatic heterocycles. The molecule has 9 heteroatoms. The highest BCUT2D eigenvalue weighted by atomic mass is 35.5. The summed E-state index contributed by atoms with van der Waals surface area (Å²) in [6, 6.07) is 14.4. The zero-order valence-corrected chi connectivity index (χ0v) is 22.7. The van der Waals surface area contributed by atoms with Crippen LogP contribution in [0.15, 0.2) is 67.1 Å². The number of piperidine rings is 1. The lowest BCUT2D eigenvalue weighted by molar-refractivity contribution is 0.0358. The number of nitrogens with zero attached hydrogens (tertiary/aromatic N) is 4. The highest BCUT2D eigenvalue weighted by molar-refractivity contribution is 6.30. The molecule has 0 saturated carbocycles. The quantitative estimate of drug-likeness (QED) is 0.449. The van der Waals surface area contributed by atoms with E-state index in [0.29, 0.717) is 54.8 Å². The maximum atomic E-state index is 13.5. The Morgan fingerprint density at radius 2 is 1.82 bits per heavy atom. The van der Waals surface area contributed by atoms with Gasteiger partial charge in [0.15, 0.2) is 0 Å². The summed E-state index contributed by atoms with van der Waals surface area (Å²) in [5.41, 5.74) is 0.833. The van der Waals surface area contributed by atoms with Gasteiger partial charge in [-0.25, -0.2) is 4.98 Å². The summed E-state index contributed by atoms with van der Waals surface area (Å²) in [5, 5.41) is 0.484. The number of fused-ring (bicyclic) bond motifs is 9. The number of hydrogen-bond acceptors (Lipinski definition) is 6. The first-order chi connectivity index (χ1) is 19.0. The van der Waals surface area contributed by atoms with Crippen LogP contribution in [-0.4, -0.2) is 71.0 Å². The number of aromatic nitrogens is 2. The second-order valence-corrected chi connectivity index (χ2v) is 10.7. The van der Waals surface area contributed by atoms with E-state index in [4.69, 9.17) is 21.1 Å². The van der Waals surface area contributed by atoms with E-state index in [-0.39, 0.29) is 23.8 Å². The number of ether oxygens (including phenoxy) is 2. The maximum Gasteiger partial charge on any atom is 0.272 e. The van der Waals surface area contributed by atoms with E-state index in [1.54, 1.807) is 29.4 Å². The molecular formula is C30H33ClN4O4. The van der Waals surface area contributed by atoms with Crippen LogP contribution in [0.4, 0.5) is 0 Å². The third-order valence-corrected chi connectivity index (χ3v) is 7.87. The summed E-state index contributed by atoms with van der Waals surface area (Å²) >= 11 is 5.98. The summed E-state index contributed by atoms with van der Waals surface area (Å²) < 4.78 is 12.3. The Labute approximate surface area is 233 Å². The Kier molecular flexibility index (Phi) is 8.61. The fraction of sp³-hybridized carbons (Fsp3) is 0.400. The molecule has 2 amide bonds. The number of amides is 2. The first-order valence-corrected chi connectivity index (χ1v) is 13.9. The number of halogens is 1. The van der Waals surface area contributed by atoms with Crippen LogP contribution in [0.1, 0.15) is 53.0 Å². The maximum absolute atomic E-state index is 13.5. The number of carbonyl (C=O) groups excluding carboxylic acids is 2. The summed E-state index contributed by atoms with van der Waals surface area (Å²) in [6.45, 7) is 3.13. The van der Waals surface area contributed by atoms with Gasteiger partial charge in [0.1, 0.15) is 23.8 Å². The van der Waals surface area contributed by atoms with Crippen molar-refractivity contribution >= 4 is 23.4 Å². The van der Waals surface area contributed by atoms with Crippen LogP contribution in [0.2, 0.25) is 5.02 Å². The van der Waals surface area contributed by atoms with Gasteiger partial charge in [-0.1, -0.05) is 30.2 Å². The second-order valence-electron chi connectivity index (χ2n) is 10.2. The number of hydrogen-bond donors (Lipinski definition) is 0. The summed E-state index contributed by atoms with van der Waals surface area (Å²) in [4.78, 5) is 38.9. The van der Waals surface area contributed by atoms with Crippen LogP contribution < -0.4 is 9.47 Å². The number of benzene rings is 1. The minimum Gasteiger partial charge on any atom is -0.491 e. The van der Waals surface area contributed by atoms with Crippen molar-refractivity contribution < 1.29 is 19.1 Å². The fourth-order valence-electron chi connectivity index (χ4n) is 5.31. The zero-order chi connectivity index (χ0) is 27.1. The molecule has 5 heterocycles. The van der Waals surface area contributed by atoms with Gasteiger partial charge < -0.3 is 19.3 Å². The molecule has 2 bridgehead atoms. The molecule has 1 saturated heterocycles. The number of para-hydroxylation sites is 1. The van der Waals surface area contributed by atoms with Crippen molar-refractivity contribution in [1.82, 2.24) is 19.8 Å². The van der Waals surface area contributed by atoms with Gasteiger partial charge in [-0.15, -0.1) is 0 Å². The fourth-order valence-corrected chi connectivity index (χ4v) is 5.42. The normalized spacial score (nSPS) is 17.9. The van der Waals surface area contributed by atoms with Crippen molar-refractivity contribution in [3.8, 4) is 11.5 Å². The lowest BCUT2D eigenvalue weighted by Crippen LogP contribution is -2.45. The summed E-state index contributed by atoms with van der Waals surface area (Å²) in [7, 11) is 0. The van der Waals surface area contributed by atoms with Crippen LogP contribution in [0.25, 0.3) is 0 Å². The van der Waals surface area contributed by atoms with Crippen molar-refractivity contribution in [1.29, 1.82) is 0 Å². The van der Waals surface area contributed by atoms with Crippen LogP contribution in [0.3, 0.4) is 0 Å². The molecule has 1 fully saturated rings. The smallest absolute Gasteiger partial charge is 0.272 e. The molecule has 204 valence electrons. The van der Waals surface area contributed by atoms with Gasteiger partial charge >= 0.3 is 0 Å². The van der Waals surface area contributed by atoms with E-state index in [9.17, 15) is 9.59 Å². The van der Waals surface area contributed by atoms with Gasteiger partial charge in [0.05, 0.1) is 29.9 Å². The van der Waals surface area contributed by atoms with E-state index in [1.165, 1.54) is 6.20 Å². The molecule has 3 aliphatic heterocycles. The molecule has 0 aliphatic carbocycles. The predicted molar refractivity (Wildman–Crippen MR) is 148 cm³/mol. The van der Waals surface area contributed by atoms with E-state index in [2.05, 4.69) is 9.97 Å². The molecule has 3 aromatic rings. The molecule has 6 rings (SSSR count). The standard InChI is InChI=1S/C30H33ClN4O4/c31-23-9-10-26(33-20-23)29(37)34-15-4-3-11-30(22-39-24-6-5-14-32-21-24)12-16-35(17-13-30)28(36)25-7-1-2-8-27(25)38-19-18-34/h1-2,5-10,14,20-21H,3-4,11-13,15-19,22H2. The topological polar surface area (TPSA) is 84.9 Å². The molecule has 0 unspecified atom stereocenters. The molecular weight excluding hydrogens is 516 g/mol. The van der Waals surface area contributed by atoms with Crippen LogP contribution in [0, 0.1) is 5.41 Å². The van der Waals surface area contributed by atoms with Crippen LogP contribution >= 0.6 is 11.6 Å². The molecule has 0 radical (unpaired) electrons. The second kappa shape index (κ2) is 12.5. The van der Waals surface area contributed by atoms with Gasteiger partial charge in [0.25, 0.3) is 11.8 Å². The first kappa shape index (κ1) is 26.9. The van der Waals surface area contributed by atoms with Crippen molar-refractivity contribution in [2.24, 2.45) is 5.41 Å². The Balaban J connectivity index is 1.37. The molecule has 0 atom stereocenters. The van der Waals surface area contributed by atoms with Gasteiger partial charge in [0, 0.05) is 37.4 Å². The highest BCUT2D eigenvalue weighted by Gasteiger charge is 2.37. The van der Waals surface area contributed by atoms with Crippen LogP contribution in [0.5, 0.6) is 11.5 Å². The first-order valence-electron chi connectivity index (χ1n) is 13.5. The molecule has 0 N–H and O–H groups in total. The van der Waals surface area contributed by atoms with Gasteiger partial charge in [0.2, 0.25) is 0 Å². The lowest BCUT2D eigenvalue weighted by atomic mass is 9.75. The van der Waals surface area contributed by atoms with Gasteiger partial charge in [-0.2, -0.15) is 0 Å². The number of pyridine rings is 2. The van der Waals surface area contributed by atoms with E-state index in [1.807, 2.05) is 41.3 Å². The summed E-state index contributed by atoms with van der Waals surface area (Å²) in [5.74, 6) is 1.09. The third kappa shape index (κ3) is 6.68. The molecule has 0 spiro atoms. The molecule has 3 aliphatic rings. The number of rotatable bonds is 4. The van der Waals surface area contributed by atoms with Crippen molar-refractivity contribution in [2.45, 2.75) is 32.1 Å². The largest absolute Gasteiger partial charge is 0.491 e. The zero-order valence-electron chi connectivity index (χ0n) is 21.9. The lowest BCUT2D eigenvalue weighted by Gasteiger charge is -2.42. The Bertz CT molecular complexity index is 1260. The van der Waals surface area contributed by atoms with Gasteiger partial charge in [-0.05, 0) is 62.1 Å². The molecule has 1 aromatic carbocycles. The number of carbonyl (C=O) groups is 2. The van der Waals surface area contributed by atoms with Crippen molar-refractivity contribution in [3.05, 3.63) is 83.4 Å². The molecule has 8 nitrogen and oxygen atoms in total. The Morgan fingerprint density at radius 3 is 2.59 bits per heavy atom. The predicted octanol–water partition coefficient (Wildman–Crippen LogP) is 5.14. The molecule has 39 heavy (non-hydrogen) atoms. The Morgan fingerprint density at radius 1 is 0.974 bits per heavy atom. The average Bonchev–Trinajstić information content (AvgIpc) is 2.98. The van der Waals surface area contributed by atoms with Crippen molar-refractivity contribution in [2.75, 3.05) is 39.4 Å². The highest BCUT2D eigenvalue weighted by Crippen LogP contribution is 2.38. The van der Waals surface area contributed by atoms with Crippen LogP contribution in [-0.2, 0) is 0 Å². The van der Waals surface area contributed by atoms with E-state index >= 15 is 0 Å². The average molecular weight is 549 g/mol.